The Labute approximate surface area is 95.0 Å². The number of nitrogens with zero attached hydrogens (tertiary/aromatic N) is 2. The van der Waals surface area contributed by atoms with Gasteiger partial charge in [0.2, 0.25) is 5.91 Å². The van der Waals surface area contributed by atoms with Gasteiger partial charge in [-0.3, -0.25) is 4.79 Å². The lowest BCUT2D eigenvalue weighted by molar-refractivity contribution is -0.132. The summed E-state index contributed by atoms with van der Waals surface area (Å²) < 4.78 is 5.49. The minimum Gasteiger partial charge on any atom is -0.409 e. The molecule has 0 aromatic carbocycles. The largest absolute Gasteiger partial charge is 0.409 e. The summed E-state index contributed by atoms with van der Waals surface area (Å²) in [5.74, 6) is -0.137. The lowest BCUT2D eigenvalue weighted by atomic mass is 10.1. The summed E-state index contributed by atoms with van der Waals surface area (Å²) in [6.45, 7) is 4.04. The number of carbonyl (C=O) groups excluding carboxylic acids is 1. The number of amidine groups is 1. The number of oxime groups is 1. The second kappa shape index (κ2) is 6.32. The van der Waals surface area contributed by atoms with E-state index in [1.165, 1.54) is 0 Å². The average Bonchev–Trinajstić information content (AvgIpc) is 2.30. The molecule has 1 aliphatic rings. The predicted octanol–water partition coefficient (Wildman–Crippen LogP) is 0.150. The molecule has 6 heteroatoms. The van der Waals surface area contributed by atoms with Crippen molar-refractivity contribution in [3.05, 3.63) is 0 Å². The van der Waals surface area contributed by atoms with Gasteiger partial charge in [0, 0.05) is 19.7 Å². The van der Waals surface area contributed by atoms with Crippen LogP contribution in [0, 0.1) is 0 Å². The van der Waals surface area contributed by atoms with E-state index >= 15 is 0 Å². The Balaban J connectivity index is 2.33. The topological polar surface area (TPSA) is 88.2 Å². The van der Waals surface area contributed by atoms with Crippen LogP contribution in [0.15, 0.2) is 5.16 Å². The molecule has 1 rings (SSSR count). The van der Waals surface area contributed by atoms with Gasteiger partial charge in [-0.1, -0.05) is 5.16 Å². The molecule has 0 atom stereocenters. The van der Waals surface area contributed by atoms with Gasteiger partial charge in [0.15, 0.2) is 0 Å². The van der Waals surface area contributed by atoms with E-state index in [0.717, 1.165) is 12.8 Å². The summed E-state index contributed by atoms with van der Waals surface area (Å²) in [5.41, 5.74) is 5.28. The highest BCUT2D eigenvalue weighted by atomic mass is 16.5. The molecule has 0 aromatic rings. The number of nitrogens with two attached hydrogens (primary N) is 1. The van der Waals surface area contributed by atoms with Crippen LogP contribution in [0.4, 0.5) is 0 Å². The van der Waals surface area contributed by atoms with E-state index in [1.807, 2.05) is 6.92 Å². The zero-order chi connectivity index (χ0) is 12.0. The SMILES string of the molecule is CCOC1CCN(C(=O)CC(N)=NO)CC1. The summed E-state index contributed by atoms with van der Waals surface area (Å²) >= 11 is 0. The first kappa shape index (κ1) is 12.8. The van der Waals surface area contributed by atoms with Gasteiger partial charge >= 0.3 is 0 Å². The molecule has 0 aromatic heterocycles. The molecule has 6 nitrogen and oxygen atoms in total. The number of rotatable bonds is 4. The summed E-state index contributed by atoms with van der Waals surface area (Å²) in [6, 6.07) is 0. The standard InChI is InChI=1S/C10H19N3O3/c1-2-16-8-3-5-13(6-4-8)10(14)7-9(11)12-15/h8,15H,2-7H2,1H3,(H2,11,12). The van der Waals surface area contributed by atoms with Crippen molar-refractivity contribution in [1.82, 2.24) is 4.90 Å². The van der Waals surface area contributed by atoms with Gasteiger partial charge in [-0.05, 0) is 19.8 Å². The van der Waals surface area contributed by atoms with Crippen LogP contribution in [0.5, 0.6) is 0 Å². The highest BCUT2D eigenvalue weighted by molar-refractivity contribution is 5.98. The molecule has 1 heterocycles. The van der Waals surface area contributed by atoms with Gasteiger partial charge in [0.05, 0.1) is 12.5 Å². The lowest BCUT2D eigenvalue weighted by Gasteiger charge is -2.31. The molecule has 0 spiro atoms. The number of likely N-dealkylation sites (tertiary alicyclic amines) is 1. The van der Waals surface area contributed by atoms with Crippen molar-refractivity contribution in [1.29, 1.82) is 0 Å². The maximum absolute atomic E-state index is 11.6. The van der Waals surface area contributed by atoms with Crippen LogP contribution >= 0.6 is 0 Å². The Morgan fingerprint density at radius 1 is 1.56 bits per heavy atom. The first-order chi connectivity index (χ1) is 7.67. The minimum atomic E-state index is -0.0924. The molecule has 16 heavy (non-hydrogen) atoms. The Hall–Kier alpha value is -1.30. The predicted molar refractivity (Wildman–Crippen MR) is 59.3 cm³/mol. The second-order valence-electron chi connectivity index (χ2n) is 3.80. The van der Waals surface area contributed by atoms with Gasteiger partial charge < -0.3 is 20.6 Å². The number of hydrogen-bond donors (Lipinski definition) is 2. The maximum Gasteiger partial charge on any atom is 0.230 e. The average molecular weight is 229 g/mol. The van der Waals surface area contributed by atoms with E-state index in [9.17, 15) is 4.79 Å². The van der Waals surface area contributed by atoms with Crippen molar-refractivity contribution in [2.24, 2.45) is 10.9 Å². The van der Waals surface area contributed by atoms with E-state index in [4.69, 9.17) is 15.7 Å². The molecule has 92 valence electrons. The number of piperidine rings is 1. The Kier molecular flexibility index (Phi) is 5.04. The number of carbonyl (C=O) groups is 1. The quantitative estimate of drug-likeness (QED) is 0.311. The van der Waals surface area contributed by atoms with Gasteiger partial charge in [0.25, 0.3) is 0 Å². The third kappa shape index (κ3) is 3.69. The van der Waals surface area contributed by atoms with E-state index < -0.39 is 0 Å². The van der Waals surface area contributed by atoms with Crippen LogP contribution in [0.3, 0.4) is 0 Å². The molecule has 1 saturated heterocycles. The van der Waals surface area contributed by atoms with Crippen LogP contribution in [-0.4, -0.2) is 47.7 Å². The molecular weight excluding hydrogens is 210 g/mol. The Bertz CT molecular complexity index is 260. The zero-order valence-corrected chi connectivity index (χ0v) is 9.56. The highest BCUT2D eigenvalue weighted by Gasteiger charge is 2.23. The fraction of sp³-hybridized carbons (Fsp3) is 0.800. The van der Waals surface area contributed by atoms with Gasteiger partial charge in [-0.25, -0.2) is 0 Å². The minimum absolute atomic E-state index is 0.0181. The molecule has 1 fully saturated rings. The van der Waals surface area contributed by atoms with Crippen LogP contribution < -0.4 is 5.73 Å². The summed E-state index contributed by atoms with van der Waals surface area (Å²) in [7, 11) is 0. The van der Waals surface area contributed by atoms with Gasteiger partial charge in [-0.15, -0.1) is 0 Å². The van der Waals surface area contributed by atoms with E-state index in [0.29, 0.717) is 19.7 Å². The Morgan fingerprint density at radius 2 is 2.19 bits per heavy atom. The van der Waals surface area contributed by atoms with Crippen molar-refractivity contribution < 1.29 is 14.7 Å². The van der Waals surface area contributed by atoms with Crippen molar-refractivity contribution >= 4 is 11.7 Å². The molecule has 0 unspecified atom stereocenters. The normalized spacial score (nSPS) is 18.8. The van der Waals surface area contributed by atoms with Crippen LogP contribution in [0.1, 0.15) is 26.2 Å². The summed E-state index contributed by atoms with van der Waals surface area (Å²) in [6.07, 6.45) is 1.96. The molecule has 0 saturated carbocycles. The highest BCUT2D eigenvalue weighted by Crippen LogP contribution is 2.14. The molecular formula is C10H19N3O3. The van der Waals surface area contributed by atoms with E-state index in [2.05, 4.69) is 5.16 Å². The molecule has 1 aliphatic heterocycles. The summed E-state index contributed by atoms with van der Waals surface area (Å²) in [5, 5.41) is 11.2. The number of amides is 1. The summed E-state index contributed by atoms with van der Waals surface area (Å²) in [4.78, 5) is 13.4. The van der Waals surface area contributed by atoms with Crippen molar-refractivity contribution in [2.45, 2.75) is 32.3 Å². The second-order valence-corrected chi connectivity index (χ2v) is 3.80. The third-order valence-corrected chi connectivity index (χ3v) is 2.66. The van der Waals surface area contributed by atoms with Crippen LogP contribution in [0.2, 0.25) is 0 Å². The number of ether oxygens (including phenoxy) is 1. The molecule has 0 radical (unpaired) electrons. The first-order valence-electron chi connectivity index (χ1n) is 5.53. The van der Waals surface area contributed by atoms with Crippen LogP contribution in [-0.2, 0) is 9.53 Å². The molecule has 0 bridgehead atoms. The van der Waals surface area contributed by atoms with E-state index in [1.54, 1.807) is 4.90 Å². The van der Waals surface area contributed by atoms with Crippen molar-refractivity contribution in [2.75, 3.05) is 19.7 Å². The zero-order valence-electron chi connectivity index (χ0n) is 9.56. The molecule has 0 aliphatic carbocycles. The smallest absolute Gasteiger partial charge is 0.230 e. The van der Waals surface area contributed by atoms with Crippen molar-refractivity contribution in [3.8, 4) is 0 Å². The molecule has 3 N–H and O–H groups in total. The fourth-order valence-electron chi connectivity index (χ4n) is 1.81. The van der Waals surface area contributed by atoms with Gasteiger partial charge in [0.1, 0.15) is 5.84 Å². The fourth-order valence-corrected chi connectivity index (χ4v) is 1.81. The molecule has 1 amide bonds. The monoisotopic (exact) mass is 229 g/mol. The number of hydrogen-bond acceptors (Lipinski definition) is 4. The van der Waals surface area contributed by atoms with Crippen LogP contribution in [0.25, 0.3) is 0 Å². The third-order valence-electron chi connectivity index (χ3n) is 2.66. The maximum atomic E-state index is 11.6. The van der Waals surface area contributed by atoms with Crippen molar-refractivity contribution in [3.63, 3.8) is 0 Å². The van der Waals surface area contributed by atoms with E-state index in [-0.39, 0.29) is 24.3 Å². The first-order valence-corrected chi connectivity index (χ1v) is 5.53. The van der Waals surface area contributed by atoms with Gasteiger partial charge in [-0.2, -0.15) is 0 Å². The Morgan fingerprint density at radius 3 is 2.69 bits per heavy atom. The lowest BCUT2D eigenvalue weighted by Crippen LogP contribution is -2.42.